The van der Waals surface area contributed by atoms with E-state index in [4.69, 9.17) is 4.74 Å². The number of hydrogen-bond donors (Lipinski definition) is 3. The monoisotopic (exact) mass is 473 g/mol. The zero-order chi connectivity index (χ0) is 25.3. The van der Waals surface area contributed by atoms with Crippen LogP contribution in [0, 0.1) is 0 Å². The zero-order valence-electron chi connectivity index (χ0n) is 20.8. The molecule has 1 fully saturated rings. The highest BCUT2D eigenvalue weighted by atomic mass is 16.6. The van der Waals surface area contributed by atoms with Gasteiger partial charge in [-0.15, -0.1) is 0 Å². The smallest absolute Gasteiger partial charge is 0.408 e. The van der Waals surface area contributed by atoms with Crippen molar-refractivity contribution in [1.82, 2.24) is 15.5 Å². The van der Waals surface area contributed by atoms with Gasteiger partial charge in [-0.1, -0.05) is 50.6 Å². The Kier molecular flexibility index (Phi) is 10.1. The highest BCUT2D eigenvalue weighted by Gasteiger charge is 2.44. The van der Waals surface area contributed by atoms with Gasteiger partial charge < -0.3 is 25.4 Å². The molecule has 3 amide bonds. The van der Waals surface area contributed by atoms with Crippen molar-refractivity contribution in [3.63, 3.8) is 0 Å². The maximum Gasteiger partial charge on any atom is 0.408 e. The average Bonchev–Trinajstić information content (AvgIpc) is 3.62. The van der Waals surface area contributed by atoms with Gasteiger partial charge in [0.15, 0.2) is 0 Å². The molecule has 8 heteroatoms. The number of aliphatic hydroxyl groups is 1. The summed E-state index contributed by atoms with van der Waals surface area (Å²) in [5.41, 5.74) is 0.727. The molecule has 1 aliphatic rings. The fraction of sp³-hybridized carbons (Fsp3) is 0.577. The second-order valence-corrected chi connectivity index (χ2v) is 9.63. The van der Waals surface area contributed by atoms with Gasteiger partial charge in [-0.2, -0.15) is 0 Å². The normalized spacial score (nSPS) is 15.1. The van der Waals surface area contributed by atoms with E-state index in [1.54, 1.807) is 32.9 Å². The second kappa shape index (κ2) is 12.6. The summed E-state index contributed by atoms with van der Waals surface area (Å²) >= 11 is 0. The van der Waals surface area contributed by atoms with Gasteiger partial charge in [0, 0.05) is 12.6 Å². The first-order valence-corrected chi connectivity index (χ1v) is 12.0. The number of aliphatic hydroxyl groups excluding tert-OH is 1. The Hall–Kier alpha value is -2.87. The summed E-state index contributed by atoms with van der Waals surface area (Å²) in [6.07, 6.45) is 5.25. The summed E-state index contributed by atoms with van der Waals surface area (Å²) in [5, 5.41) is 15.4. The Balaban J connectivity index is 2.35. The molecule has 1 saturated carbocycles. The van der Waals surface area contributed by atoms with Crippen molar-refractivity contribution in [3.8, 4) is 0 Å². The second-order valence-electron chi connectivity index (χ2n) is 9.63. The van der Waals surface area contributed by atoms with Gasteiger partial charge in [0.2, 0.25) is 11.8 Å². The molecule has 2 unspecified atom stereocenters. The van der Waals surface area contributed by atoms with Crippen molar-refractivity contribution in [3.05, 3.63) is 42.0 Å². The first-order valence-electron chi connectivity index (χ1n) is 12.0. The number of nitrogens with zero attached hydrogens (tertiary/aromatic N) is 1. The number of ether oxygens (including phenoxy) is 1. The van der Waals surface area contributed by atoms with Gasteiger partial charge in [0.25, 0.3) is 0 Å². The molecule has 34 heavy (non-hydrogen) atoms. The highest BCUT2D eigenvalue weighted by Crippen LogP contribution is 2.36. The third kappa shape index (κ3) is 8.17. The van der Waals surface area contributed by atoms with E-state index in [1.807, 2.05) is 18.2 Å². The summed E-state index contributed by atoms with van der Waals surface area (Å²) < 4.78 is 5.25. The molecule has 0 aliphatic heterocycles. The average molecular weight is 474 g/mol. The molecular formula is C26H39N3O5. The summed E-state index contributed by atoms with van der Waals surface area (Å²) in [6.45, 7) is 10.9. The number of carbonyl (C=O) groups is 3. The van der Waals surface area contributed by atoms with E-state index >= 15 is 0 Å². The van der Waals surface area contributed by atoms with Crippen LogP contribution in [0.1, 0.15) is 77.0 Å². The van der Waals surface area contributed by atoms with Crippen molar-refractivity contribution >= 4 is 24.0 Å². The van der Waals surface area contributed by atoms with Crippen molar-refractivity contribution in [1.29, 1.82) is 0 Å². The lowest BCUT2D eigenvalue weighted by molar-refractivity contribution is -0.144. The standard InChI is InChI=1S/C26H39N3O5/c1-6-8-9-15-27-23(31)22(19-12-10-11-18(7-2)16-19)29(20-13-14-20)24(32)21(17-30)28-25(33)34-26(3,4)5/h7,10-12,16,20-22,30H,2,6,8-9,13-15,17H2,1,3-5H3,(H,27,31)(H,28,33). The van der Waals surface area contributed by atoms with Gasteiger partial charge in [0.1, 0.15) is 17.7 Å². The van der Waals surface area contributed by atoms with Crippen LogP contribution in [0.25, 0.3) is 6.08 Å². The highest BCUT2D eigenvalue weighted by molar-refractivity contribution is 5.92. The summed E-state index contributed by atoms with van der Waals surface area (Å²) in [5.74, 6) is -0.805. The minimum atomic E-state index is -1.23. The molecule has 0 aromatic heterocycles. The third-order valence-electron chi connectivity index (χ3n) is 5.43. The minimum Gasteiger partial charge on any atom is -0.444 e. The Bertz CT molecular complexity index is 860. The van der Waals surface area contributed by atoms with Crippen LogP contribution in [0.3, 0.4) is 0 Å². The van der Waals surface area contributed by atoms with E-state index < -0.39 is 36.3 Å². The van der Waals surface area contributed by atoms with Crippen LogP contribution < -0.4 is 10.6 Å². The zero-order valence-corrected chi connectivity index (χ0v) is 20.8. The van der Waals surface area contributed by atoms with Crippen molar-refractivity contribution < 1.29 is 24.2 Å². The molecule has 1 aliphatic carbocycles. The topological polar surface area (TPSA) is 108 Å². The number of benzene rings is 1. The number of hydrogen-bond acceptors (Lipinski definition) is 5. The lowest BCUT2D eigenvalue weighted by Crippen LogP contribution is -2.55. The van der Waals surface area contributed by atoms with Gasteiger partial charge in [-0.3, -0.25) is 9.59 Å². The fourth-order valence-electron chi connectivity index (χ4n) is 3.66. The number of carbonyl (C=O) groups excluding carboxylic acids is 3. The third-order valence-corrected chi connectivity index (χ3v) is 5.43. The van der Waals surface area contributed by atoms with Gasteiger partial charge in [-0.25, -0.2) is 4.79 Å². The van der Waals surface area contributed by atoms with E-state index in [2.05, 4.69) is 24.1 Å². The molecule has 2 atom stereocenters. The maximum absolute atomic E-state index is 13.6. The molecule has 0 spiro atoms. The molecule has 0 radical (unpaired) electrons. The Morgan fingerprint density at radius 1 is 1.26 bits per heavy atom. The minimum absolute atomic E-state index is 0.152. The first kappa shape index (κ1) is 27.4. The number of alkyl carbamates (subject to hydrolysis) is 1. The molecular weight excluding hydrogens is 434 g/mol. The van der Waals surface area contributed by atoms with Crippen LogP contribution in [0.4, 0.5) is 4.79 Å². The van der Waals surface area contributed by atoms with Crippen molar-refractivity contribution in [2.24, 2.45) is 0 Å². The number of rotatable bonds is 12. The molecule has 0 heterocycles. The van der Waals surface area contributed by atoms with Crippen LogP contribution in [0.15, 0.2) is 30.8 Å². The van der Waals surface area contributed by atoms with Crippen LogP contribution in [0.2, 0.25) is 0 Å². The van der Waals surface area contributed by atoms with Crippen molar-refractivity contribution in [2.45, 2.75) is 83.5 Å². The van der Waals surface area contributed by atoms with E-state index in [9.17, 15) is 19.5 Å². The van der Waals surface area contributed by atoms with E-state index in [0.29, 0.717) is 12.1 Å². The van der Waals surface area contributed by atoms with Gasteiger partial charge in [-0.05, 0) is 57.2 Å². The Morgan fingerprint density at radius 2 is 1.97 bits per heavy atom. The van der Waals surface area contributed by atoms with Crippen molar-refractivity contribution in [2.75, 3.05) is 13.2 Å². The van der Waals surface area contributed by atoms with Crippen LogP contribution >= 0.6 is 0 Å². The molecule has 3 N–H and O–H groups in total. The Morgan fingerprint density at radius 3 is 2.53 bits per heavy atom. The van der Waals surface area contributed by atoms with Gasteiger partial charge in [0.05, 0.1) is 6.61 Å². The Labute approximate surface area is 202 Å². The number of nitrogens with one attached hydrogen (secondary N) is 2. The molecule has 1 aromatic rings. The predicted molar refractivity (Wildman–Crippen MR) is 132 cm³/mol. The number of unbranched alkanes of at least 4 members (excludes halogenated alkanes) is 2. The number of amides is 3. The fourth-order valence-corrected chi connectivity index (χ4v) is 3.66. The van der Waals surface area contributed by atoms with E-state index in [1.165, 1.54) is 4.90 Å². The lowest BCUT2D eigenvalue weighted by Gasteiger charge is -2.34. The molecule has 0 saturated heterocycles. The van der Waals surface area contributed by atoms with Crippen LogP contribution in [-0.2, 0) is 14.3 Å². The van der Waals surface area contributed by atoms with Gasteiger partial charge >= 0.3 is 6.09 Å². The summed E-state index contributed by atoms with van der Waals surface area (Å²) in [4.78, 5) is 40.8. The largest absolute Gasteiger partial charge is 0.444 e. The van der Waals surface area contributed by atoms with Crippen LogP contribution in [0.5, 0.6) is 0 Å². The summed E-state index contributed by atoms with van der Waals surface area (Å²) in [6, 6.07) is 5.06. The molecule has 2 rings (SSSR count). The molecule has 1 aromatic carbocycles. The van der Waals surface area contributed by atoms with Crippen LogP contribution in [-0.4, -0.2) is 58.8 Å². The quantitative estimate of drug-likeness (QED) is 0.402. The van der Waals surface area contributed by atoms with E-state index in [0.717, 1.165) is 37.7 Å². The lowest BCUT2D eigenvalue weighted by atomic mass is 10.00. The molecule has 8 nitrogen and oxygen atoms in total. The maximum atomic E-state index is 13.6. The van der Waals surface area contributed by atoms with E-state index in [-0.39, 0.29) is 11.9 Å². The first-order chi connectivity index (χ1) is 16.1. The summed E-state index contributed by atoms with van der Waals surface area (Å²) in [7, 11) is 0. The molecule has 0 bridgehead atoms. The molecule has 188 valence electrons. The SMILES string of the molecule is C=Cc1cccc(C(C(=O)NCCCCC)N(C(=O)C(CO)NC(=O)OC(C)(C)C)C2CC2)c1. The predicted octanol–water partition coefficient (Wildman–Crippen LogP) is 3.55.